The Balaban J connectivity index is 2.19. The van der Waals surface area contributed by atoms with Crippen LogP contribution in [0.15, 0.2) is 32.3 Å². The van der Waals surface area contributed by atoms with Crippen molar-refractivity contribution in [3.05, 3.63) is 60.7 Å². The van der Waals surface area contributed by atoms with Gasteiger partial charge in [-0.25, -0.2) is 14.2 Å². The molecule has 0 fully saturated rings. The predicted octanol–water partition coefficient (Wildman–Crippen LogP) is 3.01. The molecule has 0 atom stereocenters. The van der Waals surface area contributed by atoms with Crippen LogP contribution in [-0.4, -0.2) is 18.7 Å². The minimum absolute atomic E-state index is 0.299. The van der Waals surface area contributed by atoms with E-state index in [2.05, 4.69) is 20.9 Å². The number of halogens is 2. The first-order valence-corrected chi connectivity index (χ1v) is 9.01. The SMILES string of the molecule is CCn1c(=O)c2c(nc(/C=C/c3ccc(F)c(Br)c3)n2C)n(CC)c1=O. The zero-order valence-corrected chi connectivity index (χ0v) is 16.2. The van der Waals surface area contributed by atoms with E-state index >= 15 is 0 Å². The zero-order valence-electron chi connectivity index (χ0n) is 14.7. The van der Waals surface area contributed by atoms with Crippen molar-refractivity contribution >= 4 is 39.2 Å². The van der Waals surface area contributed by atoms with Gasteiger partial charge in [-0.05, 0) is 53.5 Å². The van der Waals surface area contributed by atoms with Crippen LogP contribution in [0.4, 0.5) is 4.39 Å². The third-order valence-corrected chi connectivity index (χ3v) is 4.89. The van der Waals surface area contributed by atoms with Gasteiger partial charge in [0.25, 0.3) is 5.56 Å². The van der Waals surface area contributed by atoms with E-state index in [1.807, 2.05) is 6.92 Å². The molecule has 0 spiro atoms. The highest BCUT2D eigenvalue weighted by Gasteiger charge is 2.17. The molecule has 0 saturated carbocycles. The number of benzene rings is 1. The summed E-state index contributed by atoms with van der Waals surface area (Å²) in [5, 5.41) is 0. The molecule has 0 amide bonds. The van der Waals surface area contributed by atoms with Crippen LogP contribution < -0.4 is 11.2 Å². The Bertz CT molecular complexity index is 1140. The second-order valence-corrected chi connectivity index (χ2v) is 6.64. The summed E-state index contributed by atoms with van der Waals surface area (Å²) >= 11 is 3.16. The lowest BCUT2D eigenvalue weighted by molar-refractivity contribution is 0.604. The van der Waals surface area contributed by atoms with Gasteiger partial charge in [0.05, 0.1) is 4.47 Å². The molecule has 0 radical (unpaired) electrons. The summed E-state index contributed by atoms with van der Waals surface area (Å²) in [6.07, 6.45) is 3.51. The maximum atomic E-state index is 13.3. The average molecular weight is 421 g/mol. The molecular weight excluding hydrogens is 403 g/mol. The smallest absolute Gasteiger partial charge is 0.322 e. The molecule has 0 N–H and O–H groups in total. The number of hydrogen-bond acceptors (Lipinski definition) is 3. The van der Waals surface area contributed by atoms with E-state index in [9.17, 15) is 14.0 Å². The van der Waals surface area contributed by atoms with Gasteiger partial charge in [0.15, 0.2) is 11.2 Å². The van der Waals surface area contributed by atoms with Crippen LogP contribution >= 0.6 is 15.9 Å². The predicted molar refractivity (Wildman–Crippen MR) is 104 cm³/mol. The first-order chi connectivity index (χ1) is 12.4. The van der Waals surface area contributed by atoms with Gasteiger partial charge in [-0.1, -0.05) is 12.1 Å². The summed E-state index contributed by atoms with van der Waals surface area (Å²) in [5.41, 5.74) is 0.826. The molecule has 136 valence electrons. The first-order valence-electron chi connectivity index (χ1n) is 8.22. The molecule has 0 bridgehead atoms. The Morgan fingerprint density at radius 2 is 1.85 bits per heavy atom. The van der Waals surface area contributed by atoms with Gasteiger partial charge in [0.2, 0.25) is 0 Å². The second-order valence-electron chi connectivity index (χ2n) is 5.78. The quantitative estimate of drug-likeness (QED) is 0.651. The van der Waals surface area contributed by atoms with E-state index < -0.39 is 0 Å². The van der Waals surface area contributed by atoms with Crippen LogP contribution in [-0.2, 0) is 20.1 Å². The molecule has 0 aliphatic heterocycles. The minimum Gasteiger partial charge on any atom is -0.322 e. The molecule has 0 unspecified atom stereocenters. The molecule has 6 nitrogen and oxygen atoms in total. The fourth-order valence-electron chi connectivity index (χ4n) is 2.88. The van der Waals surface area contributed by atoms with Crippen molar-refractivity contribution in [1.82, 2.24) is 18.7 Å². The fraction of sp³-hybridized carbons (Fsp3) is 0.278. The third-order valence-electron chi connectivity index (χ3n) is 4.28. The number of rotatable bonds is 4. The number of nitrogens with zero attached hydrogens (tertiary/aromatic N) is 4. The number of aromatic nitrogens is 4. The summed E-state index contributed by atoms with van der Waals surface area (Å²) in [6.45, 7) is 4.32. The van der Waals surface area contributed by atoms with E-state index in [0.717, 1.165) is 5.56 Å². The minimum atomic E-state index is -0.358. The van der Waals surface area contributed by atoms with Gasteiger partial charge in [-0.3, -0.25) is 13.9 Å². The van der Waals surface area contributed by atoms with Crippen molar-refractivity contribution in [3.8, 4) is 0 Å². The van der Waals surface area contributed by atoms with Crippen LogP contribution in [0.5, 0.6) is 0 Å². The van der Waals surface area contributed by atoms with Crippen molar-refractivity contribution in [1.29, 1.82) is 0 Å². The molecule has 3 aromatic rings. The average Bonchev–Trinajstić information content (AvgIpc) is 2.93. The van der Waals surface area contributed by atoms with Crippen molar-refractivity contribution in [2.45, 2.75) is 26.9 Å². The topological polar surface area (TPSA) is 61.8 Å². The second kappa shape index (κ2) is 7.03. The third kappa shape index (κ3) is 2.94. The Morgan fingerprint density at radius 3 is 2.46 bits per heavy atom. The summed E-state index contributed by atoms with van der Waals surface area (Å²) in [5.74, 6) is 0.199. The van der Waals surface area contributed by atoms with E-state index in [0.29, 0.717) is 34.6 Å². The number of aryl methyl sites for hydroxylation is 2. The van der Waals surface area contributed by atoms with Crippen LogP contribution in [0.2, 0.25) is 0 Å². The summed E-state index contributed by atoms with van der Waals surface area (Å²) in [7, 11) is 1.74. The molecule has 2 aromatic heterocycles. The van der Waals surface area contributed by atoms with Crippen molar-refractivity contribution in [2.75, 3.05) is 0 Å². The standard InChI is InChI=1S/C18H18BrFN4O2/c1-4-23-16-15(17(25)24(5-2)18(23)26)22(3)14(21-16)9-7-11-6-8-13(20)12(19)10-11/h6-10H,4-5H2,1-3H3/b9-7+. The molecular formula is C18H18BrFN4O2. The maximum Gasteiger partial charge on any atom is 0.332 e. The summed E-state index contributed by atoms with van der Waals surface area (Å²) < 4.78 is 18.1. The monoisotopic (exact) mass is 420 g/mol. The molecule has 0 saturated heterocycles. The lowest BCUT2D eigenvalue weighted by Gasteiger charge is -2.08. The fourth-order valence-corrected chi connectivity index (χ4v) is 3.28. The summed E-state index contributed by atoms with van der Waals surface area (Å²) in [6, 6.07) is 4.67. The van der Waals surface area contributed by atoms with E-state index in [1.54, 1.807) is 42.8 Å². The van der Waals surface area contributed by atoms with Crippen molar-refractivity contribution < 1.29 is 4.39 Å². The van der Waals surface area contributed by atoms with Crippen molar-refractivity contribution in [2.24, 2.45) is 7.05 Å². The molecule has 1 aromatic carbocycles. The molecule has 2 heterocycles. The summed E-state index contributed by atoms with van der Waals surface area (Å²) in [4.78, 5) is 29.6. The number of hydrogen-bond donors (Lipinski definition) is 0. The van der Waals surface area contributed by atoms with Gasteiger partial charge >= 0.3 is 5.69 Å². The van der Waals surface area contributed by atoms with E-state index in [-0.39, 0.29) is 17.1 Å². The molecule has 3 rings (SSSR count). The van der Waals surface area contributed by atoms with E-state index in [1.165, 1.54) is 15.2 Å². The number of fused-ring (bicyclic) bond motifs is 1. The van der Waals surface area contributed by atoms with Crippen molar-refractivity contribution in [3.63, 3.8) is 0 Å². The first kappa shape index (κ1) is 18.3. The van der Waals surface area contributed by atoms with Crippen LogP contribution in [0, 0.1) is 5.82 Å². The highest BCUT2D eigenvalue weighted by atomic mass is 79.9. The maximum absolute atomic E-state index is 13.3. The Labute approximate surface area is 157 Å². The van der Waals surface area contributed by atoms with Gasteiger partial charge < -0.3 is 4.57 Å². The molecule has 0 aliphatic carbocycles. The van der Waals surface area contributed by atoms with Crippen LogP contribution in [0.3, 0.4) is 0 Å². The Hall–Kier alpha value is -2.48. The van der Waals surface area contributed by atoms with Gasteiger partial charge in [0, 0.05) is 20.1 Å². The molecule has 26 heavy (non-hydrogen) atoms. The van der Waals surface area contributed by atoms with Gasteiger partial charge in [-0.2, -0.15) is 0 Å². The molecule has 0 aliphatic rings. The largest absolute Gasteiger partial charge is 0.332 e. The number of imidazole rings is 1. The van der Waals surface area contributed by atoms with Gasteiger partial charge in [-0.15, -0.1) is 0 Å². The Kier molecular flexibility index (Phi) is 4.95. The molecule has 8 heteroatoms. The lowest BCUT2D eigenvalue weighted by Crippen LogP contribution is -2.39. The zero-order chi connectivity index (χ0) is 19.0. The van der Waals surface area contributed by atoms with Crippen LogP contribution in [0.25, 0.3) is 23.3 Å². The highest BCUT2D eigenvalue weighted by Crippen LogP contribution is 2.19. The Morgan fingerprint density at radius 1 is 1.15 bits per heavy atom. The van der Waals surface area contributed by atoms with Gasteiger partial charge in [0.1, 0.15) is 11.6 Å². The van der Waals surface area contributed by atoms with Crippen LogP contribution in [0.1, 0.15) is 25.2 Å². The lowest BCUT2D eigenvalue weighted by atomic mass is 10.2. The normalized spacial score (nSPS) is 11.7. The highest BCUT2D eigenvalue weighted by molar-refractivity contribution is 9.10. The van der Waals surface area contributed by atoms with E-state index in [4.69, 9.17) is 0 Å².